The van der Waals surface area contributed by atoms with Crippen LogP contribution in [-0.4, -0.2) is 15.0 Å². The lowest BCUT2D eigenvalue weighted by molar-refractivity contribution is -0.412. The first-order chi connectivity index (χ1) is 25.7. The van der Waals surface area contributed by atoms with Crippen molar-refractivity contribution < 1.29 is 0 Å². The molecule has 4 atom stereocenters. The first-order valence-electron chi connectivity index (χ1n) is 18.8. The van der Waals surface area contributed by atoms with Gasteiger partial charge in [-0.15, -0.1) is 11.3 Å². The van der Waals surface area contributed by atoms with E-state index in [-0.39, 0.29) is 5.41 Å². The van der Waals surface area contributed by atoms with Crippen molar-refractivity contribution in [1.82, 2.24) is 15.0 Å². The van der Waals surface area contributed by atoms with Crippen molar-refractivity contribution in [2.75, 3.05) is 0 Å². The molecule has 52 heavy (non-hydrogen) atoms. The molecule has 8 aromatic rings. The van der Waals surface area contributed by atoms with Crippen LogP contribution in [0.1, 0.15) is 30.4 Å². The summed E-state index contributed by atoms with van der Waals surface area (Å²) in [6.07, 6.45) is 4.27. The predicted octanol–water partition coefficient (Wildman–Crippen LogP) is 11.8. The maximum atomic E-state index is 5.37. The van der Waals surface area contributed by atoms with E-state index in [1.165, 1.54) is 67.3 Å². The van der Waals surface area contributed by atoms with Gasteiger partial charge in [0.15, 0.2) is 17.5 Å². The molecule has 2 aromatic heterocycles. The van der Waals surface area contributed by atoms with Crippen LogP contribution in [0.3, 0.4) is 0 Å². The molecular weight excluding hydrogens is 651 g/mol. The van der Waals surface area contributed by atoms with Crippen molar-refractivity contribution in [2.45, 2.75) is 24.7 Å². The van der Waals surface area contributed by atoms with E-state index in [0.717, 1.165) is 46.2 Å². The Balaban J connectivity index is 1.01. The summed E-state index contributed by atoms with van der Waals surface area (Å²) in [4.78, 5) is 15.8. The summed E-state index contributed by atoms with van der Waals surface area (Å²) in [5, 5.41) is 2.61. The zero-order chi connectivity index (χ0) is 33.8. The second-order valence-corrected chi connectivity index (χ2v) is 17.0. The minimum atomic E-state index is 0.147. The highest BCUT2D eigenvalue weighted by Crippen LogP contribution is 2.94. The van der Waals surface area contributed by atoms with Crippen LogP contribution in [0.5, 0.6) is 0 Å². The van der Waals surface area contributed by atoms with Crippen LogP contribution in [0.4, 0.5) is 0 Å². The topological polar surface area (TPSA) is 38.7 Å². The quantitative estimate of drug-likeness (QED) is 0.185. The molecule has 2 heterocycles. The van der Waals surface area contributed by atoms with Gasteiger partial charge in [-0.25, -0.2) is 15.0 Å². The van der Waals surface area contributed by atoms with Crippen molar-refractivity contribution in [3.05, 3.63) is 151 Å². The van der Waals surface area contributed by atoms with Gasteiger partial charge in [-0.05, 0) is 99.9 Å². The Hall–Kier alpha value is -5.45. The first kappa shape index (κ1) is 28.2. The van der Waals surface area contributed by atoms with Crippen molar-refractivity contribution in [2.24, 2.45) is 29.1 Å². The Labute approximate surface area is 306 Å². The van der Waals surface area contributed by atoms with Crippen LogP contribution in [0.2, 0.25) is 0 Å². The van der Waals surface area contributed by atoms with Crippen molar-refractivity contribution >= 4 is 31.5 Å². The molecule has 4 fully saturated rings. The Bertz CT molecular complexity index is 2810. The molecular formula is C48H33N3S. The zero-order valence-corrected chi connectivity index (χ0v) is 29.3. The van der Waals surface area contributed by atoms with Crippen molar-refractivity contribution in [1.29, 1.82) is 0 Å². The molecule has 2 spiro atoms. The predicted molar refractivity (Wildman–Crippen MR) is 211 cm³/mol. The average molecular weight is 684 g/mol. The van der Waals surface area contributed by atoms with Gasteiger partial charge < -0.3 is 0 Å². The van der Waals surface area contributed by atoms with Crippen LogP contribution >= 0.6 is 11.3 Å². The molecule has 5 aliphatic rings. The molecule has 4 unspecified atom stereocenters. The third-order valence-corrected chi connectivity index (χ3v) is 15.4. The van der Waals surface area contributed by atoms with Gasteiger partial charge >= 0.3 is 0 Å². The van der Waals surface area contributed by atoms with E-state index in [2.05, 4.69) is 140 Å². The van der Waals surface area contributed by atoms with Gasteiger partial charge in [-0.1, -0.05) is 121 Å². The second kappa shape index (κ2) is 9.70. The number of benzene rings is 6. The molecule has 3 nitrogen and oxygen atoms in total. The summed E-state index contributed by atoms with van der Waals surface area (Å²) in [7, 11) is 0. The minimum absolute atomic E-state index is 0.147. The van der Waals surface area contributed by atoms with Gasteiger partial charge in [0.25, 0.3) is 0 Å². The van der Waals surface area contributed by atoms with Gasteiger partial charge in [0.1, 0.15) is 0 Å². The largest absolute Gasteiger partial charge is 0.208 e. The third-order valence-electron chi connectivity index (χ3n) is 14.2. The first-order valence-corrected chi connectivity index (χ1v) is 19.6. The van der Waals surface area contributed by atoms with Crippen LogP contribution in [-0.2, 0) is 5.41 Å². The smallest absolute Gasteiger partial charge is 0.164 e. The molecule has 4 heteroatoms. The maximum Gasteiger partial charge on any atom is 0.164 e. The molecule has 0 amide bonds. The monoisotopic (exact) mass is 683 g/mol. The molecule has 246 valence electrons. The SMILES string of the molecule is c1ccc(-c2nc(-c3cccc(-c4cccc5sc6ccccc6c45)c3)nc(-c3cccc4c3-c3ccccc3C43C4CC5CC6CC3C564)n2)cc1. The van der Waals surface area contributed by atoms with Gasteiger partial charge in [0, 0.05) is 42.3 Å². The fraction of sp³-hybridized carbons (Fsp3) is 0.188. The minimum Gasteiger partial charge on any atom is -0.208 e. The van der Waals surface area contributed by atoms with Gasteiger partial charge in [-0.2, -0.15) is 0 Å². The van der Waals surface area contributed by atoms with E-state index in [1.807, 2.05) is 11.3 Å². The van der Waals surface area contributed by atoms with Crippen LogP contribution in [0, 0.1) is 29.1 Å². The summed E-state index contributed by atoms with van der Waals surface area (Å²) in [5.74, 6) is 5.67. The molecule has 0 saturated heterocycles. The lowest BCUT2D eigenvalue weighted by Gasteiger charge is -2.92. The molecule has 13 rings (SSSR count). The average Bonchev–Trinajstić information content (AvgIpc) is 3.71. The molecule has 6 aromatic carbocycles. The Morgan fingerprint density at radius 2 is 1.10 bits per heavy atom. The number of nitrogens with zero attached hydrogens (tertiary/aromatic N) is 3. The Kier molecular flexibility index (Phi) is 5.25. The van der Waals surface area contributed by atoms with Gasteiger partial charge in [0.05, 0.1) is 0 Å². The van der Waals surface area contributed by atoms with Crippen LogP contribution in [0.25, 0.3) is 76.6 Å². The molecule has 0 aliphatic heterocycles. The maximum absolute atomic E-state index is 5.37. The Morgan fingerprint density at radius 1 is 0.481 bits per heavy atom. The second-order valence-electron chi connectivity index (χ2n) is 15.9. The highest BCUT2D eigenvalue weighted by atomic mass is 32.1. The van der Waals surface area contributed by atoms with E-state index < -0.39 is 0 Å². The number of rotatable bonds is 4. The summed E-state index contributed by atoms with van der Waals surface area (Å²) < 4.78 is 2.62. The number of thiophene rings is 1. The number of aromatic nitrogens is 3. The van der Waals surface area contributed by atoms with Crippen molar-refractivity contribution in [3.8, 4) is 56.4 Å². The summed E-state index contributed by atoms with van der Waals surface area (Å²) >= 11 is 1.86. The normalized spacial score (nSPS) is 26.8. The molecule has 0 bridgehead atoms. The highest BCUT2D eigenvalue weighted by molar-refractivity contribution is 7.25. The standard InChI is InChI=1S/C48H33N3S/c1-2-11-27(12-3-1)44-49-45(29-14-8-13-28(23-29)32-17-10-22-39-43(32)34-16-5-7-21-38(34)52-39)51-46(50-44)35-18-9-20-37-42(35)33-15-4-6-19-36(33)48(37)40-25-30-24-31-26-41(48)47(30,31)40/h1-23,30-31,40-41H,24-26H2. The van der Waals surface area contributed by atoms with Crippen LogP contribution in [0.15, 0.2) is 140 Å². The fourth-order valence-corrected chi connectivity index (χ4v) is 13.5. The highest BCUT2D eigenvalue weighted by Gasteiger charge is 2.90. The van der Waals surface area contributed by atoms with E-state index in [4.69, 9.17) is 15.0 Å². The lowest BCUT2D eigenvalue weighted by Crippen LogP contribution is -2.88. The number of fused-ring (bicyclic) bond motifs is 10. The summed E-state index contributed by atoms with van der Waals surface area (Å²) in [6, 6.07) is 50.9. The van der Waals surface area contributed by atoms with Crippen LogP contribution < -0.4 is 0 Å². The van der Waals surface area contributed by atoms with Crippen molar-refractivity contribution in [3.63, 3.8) is 0 Å². The number of hydrogen-bond donors (Lipinski definition) is 0. The molecule has 5 aliphatic carbocycles. The van der Waals surface area contributed by atoms with Gasteiger partial charge in [-0.3, -0.25) is 0 Å². The van der Waals surface area contributed by atoms with E-state index >= 15 is 0 Å². The van der Waals surface area contributed by atoms with E-state index in [0.29, 0.717) is 17.1 Å². The summed E-state index contributed by atoms with van der Waals surface area (Å²) in [6.45, 7) is 0. The van der Waals surface area contributed by atoms with E-state index in [1.54, 1.807) is 5.56 Å². The number of hydrogen-bond acceptors (Lipinski definition) is 4. The van der Waals surface area contributed by atoms with Gasteiger partial charge in [0.2, 0.25) is 0 Å². The summed E-state index contributed by atoms with van der Waals surface area (Å²) in [5.41, 5.74) is 12.1. The fourth-order valence-electron chi connectivity index (χ4n) is 12.4. The zero-order valence-electron chi connectivity index (χ0n) is 28.5. The molecule has 0 N–H and O–H groups in total. The lowest BCUT2D eigenvalue weighted by atomic mass is 9.11. The molecule has 0 radical (unpaired) electrons. The third kappa shape index (κ3) is 3.20. The van der Waals surface area contributed by atoms with E-state index in [9.17, 15) is 0 Å². The Morgan fingerprint density at radius 3 is 1.96 bits per heavy atom. The molecule has 4 saturated carbocycles.